The van der Waals surface area contributed by atoms with Gasteiger partial charge in [0.15, 0.2) is 5.76 Å². The number of aromatic nitrogens is 2. The van der Waals surface area contributed by atoms with Crippen LogP contribution in [0.1, 0.15) is 34.7 Å². The van der Waals surface area contributed by atoms with Crippen molar-refractivity contribution in [1.82, 2.24) is 14.9 Å². The number of amides is 1. The third-order valence-corrected chi connectivity index (χ3v) is 4.93. The van der Waals surface area contributed by atoms with Gasteiger partial charge in [0.1, 0.15) is 17.9 Å². The van der Waals surface area contributed by atoms with E-state index in [1.54, 1.807) is 7.11 Å². The van der Waals surface area contributed by atoms with Gasteiger partial charge in [-0.05, 0) is 30.9 Å². The summed E-state index contributed by atoms with van der Waals surface area (Å²) >= 11 is 0. The van der Waals surface area contributed by atoms with E-state index in [0.29, 0.717) is 24.7 Å². The Morgan fingerprint density at radius 3 is 2.68 bits per heavy atom. The Kier molecular flexibility index (Phi) is 4.29. The average Bonchev–Trinajstić information content (AvgIpc) is 3.12. The minimum Gasteiger partial charge on any atom is -0.481 e. The van der Waals surface area contributed by atoms with Crippen molar-refractivity contribution in [3.8, 4) is 5.88 Å². The molecule has 2 aromatic rings. The molecule has 2 aliphatic rings. The molecule has 7 heteroatoms. The van der Waals surface area contributed by atoms with Crippen LogP contribution < -0.4 is 9.64 Å². The lowest BCUT2D eigenvalue weighted by atomic mass is 9.99. The summed E-state index contributed by atoms with van der Waals surface area (Å²) in [6.45, 7) is 2.76. The fraction of sp³-hybridized carbons (Fsp3) is 0.500. The lowest BCUT2D eigenvalue weighted by Gasteiger charge is -2.34. The largest absolute Gasteiger partial charge is 0.481 e. The highest BCUT2D eigenvalue weighted by Gasteiger charge is 2.27. The Balaban J connectivity index is 1.41. The molecule has 1 amide bonds. The molecule has 0 spiro atoms. The molecule has 0 atom stereocenters. The number of carbonyl (C=O) groups excluding carboxylic acids is 1. The number of hydrogen-bond acceptors (Lipinski definition) is 6. The van der Waals surface area contributed by atoms with E-state index in [0.717, 1.165) is 43.9 Å². The fourth-order valence-electron chi connectivity index (χ4n) is 3.50. The predicted molar refractivity (Wildman–Crippen MR) is 92.1 cm³/mol. The van der Waals surface area contributed by atoms with Crippen molar-refractivity contribution in [2.24, 2.45) is 0 Å². The van der Waals surface area contributed by atoms with Crippen LogP contribution in [0.4, 0.5) is 5.82 Å². The van der Waals surface area contributed by atoms with Gasteiger partial charge in [-0.15, -0.1) is 0 Å². The summed E-state index contributed by atoms with van der Waals surface area (Å²) in [5.74, 6) is 2.86. The van der Waals surface area contributed by atoms with E-state index in [9.17, 15) is 4.79 Å². The van der Waals surface area contributed by atoms with Crippen molar-refractivity contribution < 1.29 is 13.9 Å². The van der Waals surface area contributed by atoms with Crippen molar-refractivity contribution in [3.63, 3.8) is 0 Å². The van der Waals surface area contributed by atoms with E-state index in [1.807, 2.05) is 17.0 Å². The zero-order chi connectivity index (χ0) is 17.2. The third-order valence-electron chi connectivity index (χ3n) is 4.93. The molecule has 0 radical (unpaired) electrons. The molecule has 132 valence electrons. The van der Waals surface area contributed by atoms with E-state index in [-0.39, 0.29) is 5.91 Å². The van der Waals surface area contributed by atoms with Gasteiger partial charge >= 0.3 is 0 Å². The summed E-state index contributed by atoms with van der Waals surface area (Å²) in [4.78, 5) is 25.1. The lowest BCUT2D eigenvalue weighted by molar-refractivity contribution is 0.0712. The van der Waals surface area contributed by atoms with Crippen molar-refractivity contribution in [1.29, 1.82) is 0 Å². The molecule has 3 heterocycles. The Bertz CT molecular complexity index is 742. The highest BCUT2D eigenvalue weighted by Crippen LogP contribution is 2.26. The maximum Gasteiger partial charge on any atom is 0.289 e. The molecule has 0 N–H and O–H groups in total. The van der Waals surface area contributed by atoms with E-state index in [2.05, 4.69) is 14.9 Å². The molecule has 25 heavy (non-hydrogen) atoms. The Labute approximate surface area is 146 Å². The molecule has 1 aliphatic carbocycles. The maximum atomic E-state index is 12.7. The monoisotopic (exact) mass is 342 g/mol. The first kappa shape index (κ1) is 15.9. The van der Waals surface area contributed by atoms with Gasteiger partial charge in [0.05, 0.1) is 7.11 Å². The smallest absolute Gasteiger partial charge is 0.289 e. The van der Waals surface area contributed by atoms with Gasteiger partial charge in [0, 0.05) is 38.7 Å². The minimum atomic E-state index is -0.00526. The van der Waals surface area contributed by atoms with Gasteiger partial charge in [-0.2, -0.15) is 0 Å². The zero-order valence-electron chi connectivity index (χ0n) is 14.4. The number of hydrogen-bond donors (Lipinski definition) is 0. The lowest BCUT2D eigenvalue weighted by Crippen LogP contribution is -2.49. The summed E-state index contributed by atoms with van der Waals surface area (Å²) in [5.41, 5.74) is 1.21. The Hall–Kier alpha value is -2.57. The van der Waals surface area contributed by atoms with E-state index in [1.165, 1.54) is 18.3 Å². The van der Waals surface area contributed by atoms with Gasteiger partial charge in [-0.25, -0.2) is 9.97 Å². The van der Waals surface area contributed by atoms with Crippen molar-refractivity contribution in [2.75, 3.05) is 38.2 Å². The number of rotatable bonds is 3. The van der Waals surface area contributed by atoms with Gasteiger partial charge in [-0.3, -0.25) is 4.79 Å². The van der Waals surface area contributed by atoms with Gasteiger partial charge in [0.2, 0.25) is 5.88 Å². The van der Waals surface area contributed by atoms with Crippen molar-refractivity contribution >= 4 is 11.7 Å². The quantitative estimate of drug-likeness (QED) is 0.849. The first-order valence-corrected chi connectivity index (χ1v) is 8.76. The number of ether oxygens (including phenoxy) is 1. The van der Waals surface area contributed by atoms with Crippen LogP contribution in [-0.2, 0) is 12.8 Å². The van der Waals surface area contributed by atoms with Crippen LogP contribution in [0.3, 0.4) is 0 Å². The number of methoxy groups -OCH3 is 1. The van der Waals surface area contributed by atoms with Crippen LogP contribution in [0, 0.1) is 0 Å². The molecular formula is C18H22N4O3. The van der Waals surface area contributed by atoms with Gasteiger partial charge in [-0.1, -0.05) is 0 Å². The molecule has 1 fully saturated rings. The number of carbonyl (C=O) groups is 1. The van der Waals surface area contributed by atoms with E-state index >= 15 is 0 Å². The van der Waals surface area contributed by atoms with Crippen LogP contribution in [0.15, 0.2) is 22.9 Å². The summed E-state index contributed by atoms with van der Waals surface area (Å²) in [6.07, 6.45) is 5.80. The summed E-state index contributed by atoms with van der Waals surface area (Å²) in [5, 5.41) is 0. The standard InChI is InChI=1S/C18H22N4O3/c1-24-17-11-16(19-12-20-17)21-6-8-22(9-7-21)18(23)15-10-13-4-2-3-5-14(13)25-15/h10-12H,2-9H2,1H3. The number of aryl methyl sites for hydroxylation is 2. The van der Waals surface area contributed by atoms with Gasteiger partial charge < -0.3 is 19.0 Å². The molecule has 7 nitrogen and oxygen atoms in total. The molecule has 0 bridgehead atoms. The topological polar surface area (TPSA) is 71.7 Å². The number of anilines is 1. The van der Waals surface area contributed by atoms with Crippen LogP contribution in [0.2, 0.25) is 0 Å². The summed E-state index contributed by atoms with van der Waals surface area (Å²) in [7, 11) is 1.59. The van der Waals surface area contributed by atoms with Gasteiger partial charge in [0.25, 0.3) is 5.91 Å². The van der Waals surface area contributed by atoms with Crippen molar-refractivity contribution in [3.05, 3.63) is 35.5 Å². The number of piperazine rings is 1. The molecular weight excluding hydrogens is 320 g/mol. The average molecular weight is 342 g/mol. The minimum absolute atomic E-state index is 0.00526. The number of furan rings is 1. The van der Waals surface area contributed by atoms with Crippen molar-refractivity contribution in [2.45, 2.75) is 25.7 Å². The third kappa shape index (κ3) is 3.18. The zero-order valence-corrected chi connectivity index (χ0v) is 14.4. The predicted octanol–water partition coefficient (Wildman–Crippen LogP) is 1.92. The maximum absolute atomic E-state index is 12.7. The number of fused-ring (bicyclic) bond motifs is 1. The second-order valence-corrected chi connectivity index (χ2v) is 6.46. The first-order chi connectivity index (χ1) is 12.2. The van der Waals surface area contributed by atoms with E-state index in [4.69, 9.17) is 9.15 Å². The SMILES string of the molecule is COc1cc(N2CCN(C(=O)c3cc4c(o3)CCCC4)CC2)ncn1. The van der Waals surface area contributed by atoms with Crippen LogP contribution in [0.5, 0.6) is 5.88 Å². The molecule has 0 unspecified atom stereocenters. The summed E-state index contributed by atoms with van der Waals surface area (Å²) in [6, 6.07) is 3.76. The van der Waals surface area contributed by atoms with Crippen LogP contribution in [0.25, 0.3) is 0 Å². The second kappa shape index (κ2) is 6.74. The second-order valence-electron chi connectivity index (χ2n) is 6.46. The first-order valence-electron chi connectivity index (χ1n) is 8.76. The molecule has 0 saturated carbocycles. The molecule has 2 aromatic heterocycles. The molecule has 1 saturated heterocycles. The Morgan fingerprint density at radius 2 is 1.92 bits per heavy atom. The summed E-state index contributed by atoms with van der Waals surface area (Å²) < 4.78 is 11.0. The normalized spacial score (nSPS) is 17.3. The number of nitrogens with zero attached hydrogens (tertiary/aromatic N) is 4. The molecule has 4 rings (SSSR count). The highest BCUT2D eigenvalue weighted by molar-refractivity contribution is 5.92. The van der Waals surface area contributed by atoms with E-state index < -0.39 is 0 Å². The fourth-order valence-corrected chi connectivity index (χ4v) is 3.50. The van der Waals surface area contributed by atoms with Crippen LogP contribution >= 0.6 is 0 Å². The highest BCUT2D eigenvalue weighted by atomic mass is 16.5. The van der Waals surface area contributed by atoms with Crippen LogP contribution in [-0.4, -0.2) is 54.1 Å². The Morgan fingerprint density at radius 1 is 1.12 bits per heavy atom. The molecule has 0 aromatic carbocycles. The molecule has 1 aliphatic heterocycles.